The van der Waals surface area contributed by atoms with E-state index in [0.717, 1.165) is 5.56 Å². The van der Waals surface area contributed by atoms with Crippen LogP contribution in [0.3, 0.4) is 0 Å². The van der Waals surface area contributed by atoms with Crippen LogP contribution in [-0.4, -0.2) is 30.4 Å². The maximum atomic E-state index is 12.2. The zero-order valence-corrected chi connectivity index (χ0v) is 16.4. The molecule has 0 atom stereocenters. The number of rotatable bonds is 7. The van der Waals surface area contributed by atoms with Gasteiger partial charge in [-0.15, -0.1) is 0 Å². The highest BCUT2D eigenvalue weighted by molar-refractivity contribution is 5.89. The second-order valence-electron chi connectivity index (χ2n) is 6.95. The van der Waals surface area contributed by atoms with E-state index < -0.39 is 4.92 Å². The fraction of sp³-hybridized carbons (Fsp3) is 0.190. The number of nitro groups is 1. The molecule has 1 amide bonds. The first-order chi connectivity index (χ1) is 14.5. The molecular weight excluding hydrogens is 384 g/mol. The van der Waals surface area contributed by atoms with E-state index in [1.54, 1.807) is 17.7 Å². The lowest BCUT2D eigenvalue weighted by atomic mass is 10.0. The van der Waals surface area contributed by atoms with Crippen LogP contribution >= 0.6 is 0 Å². The van der Waals surface area contributed by atoms with Gasteiger partial charge in [0.25, 0.3) is 0 Å². The van der Waals surface area contributed by atoms with Crippen LogP contribution in [0.2, 0.25) is 0 Å². The molecular formula is C21H20N6O3. The normalized spacial score (nSPS) is 11.0. The molecule has 0 fully saturated rings. The minimum Gasteiger partial charge on any atom is -0.309 e. The third-order valence-electron chi connectivity index (χ3n) is 4.81. The maximum Gasteiger partial charge on any atom is 0.309 e. The zero-order chi connectivity index (χ0) is 21.1. The topological polar surface area (TPSA) is 108 Å². The lowest BCUT2D eigenvalue weighted by Gasteiger charge is -2.07. The van der Waals surface area contributed by atoms with E-state index in [1.165, 1.54) is 21.7 Å². The summed E-state index contributed by atoms with van der Waals surface area (Å²) in [4.78, 5) is 22.6. The minimum atomic E-state index is -0.485. The number of hydrogen-bond acceptors (Lipinski definition) is 5. The first-order valence-electron chi connectivity index (χ1n) is 9.48. The lowest BCUT2D eigenvalue weighted by molar-refractivity contribution is -0.385. The van der Waals surface area contributed by atoms with Gasteiger partial charge in [0.2, 0.25) is 5.91 Å². The molecule has 0 bridgehead atoms. The van der Waals surface area contributed by atoms with E-state index in [2.05, 4.69) is 39.8 Å². The first-order valence-corrected chi connectivity index (χ1v) is 9.48. The van der Waals surface area contributed by atoms with Crippen LogP contribution < -0.4 is 5.32 Å². The molecule has 4 aromatic rings. The number of fused-ring (bicyclic) bond motifs is 1. The number of amides is 1. The van der Waals surface area contributed by atoms with Gasteiger partial charge < -0.3 is 5.32 Å². The quantitative estimate of drug-likeness (QED) is 0.374. The third-order valence-corrected chi connectivity index (χ3v) is 4.81. The summed E-state index contributed by atoms with van der Waals surface area (Å²) >= 11 is 0. The Balaban J connectivity index is 1.36. The van der Waals surface area contributed by atoms with Gasteiger partial charge in [0.15, 0.2) is 5.82 Å². The predicted octanol–water partition coefficient (Wildman–Crippen LogP) is 3.53. The SMILES string of the molecule is Cc1nn(CCC(=O)Nc2ccn(Cc3cccc4ccccc34)n2)cc1[N+](=O)[O-]. The standard InChI is InChI=1S/C21H20N6O3/c1-15-19(27(29)30)14-26(23-15)12-10-21(28)22-20-9-11-25(24-20)13-17-7-4-6-16-5-2-3-8-18(16)17/h2-9,11,14H,10,12-13H2,1H3,(H,22,24,28). The molecule has 0 saturated heterocycles. The van der Waals surface area contributed by atoms with Crippen molar-refractivity contribution < 1.29 is 9.72 Å². The van der Waals surface area contributed by atoms with Gasteiger partial charge in [0.1, 0.15) is 11.9 Å². The van der Waals surface area contributed by atoms with Gasteiger partial charge in [-0.25, -0.2) is 0 Å². The second-order valence-corrected chi connectivity index (χ2v) is 6.95. The molecule has 0 aliphatic rings. The molecule has 0 saturated carbocycles. The zero-order valence-electron chi connectivity index (χ0n) is 16.4. The summed E-state index contributed by atoms with van der Waals surface area (Å²) in [5.74, 6) is 0.226. The van der Waals surface area contributed by atoms with E-state index in [9.17, 15) is 14.9 Å². The molecule has 2 heterocycles. The number of carbonyl (C=O) groups is 1. The van der Waals surface area contributed by atoms with E-state index in [-0.39, 0.29) is 24.6 Å². The number of anilines is 1. The Bertz CT molecular complexity index is 1220. The van der Waals surface area contributed by atoms with Crippen LogP contribution in [0.25, 0.3) is 10.8 Å². The van der Waals surface area contributed by atoms with Crippen LogP contribution in [0.15, 0.2) is 60.9 Å². The molecule has 2 aromatic carbocycles. The molecule has 30 heavy (non-hydrogen) atoms. The van der Waals surface area contributed by atoms with Crippen molar-refractivity contribution in [1.29, 1.82) is 0 Å². The predicted molar refractivity (Wildman–Crippen MR) is 112 cm³/mol. The number of benzene rings is 2. The molecule has 0 radical (unpaired) electrons. The Labute approximate surface area is 172 Å². The molecule has 0 aliphatic carbocycles. The number of aromatic nitrogens is 4. The smallest absolute Gasteiger partial charge is 0.309 e. The Kier molecular flexibility index (Phi) is 5.25. The largest absolute Gasteiger partial charge is 0.309 e. The van der Waals surface area contributed by atoms with Gasteiger partial charge >= 0.3 is 5.69 Å². The fourth-order valence-corrected chi connectivity index (χ4v) is 3.34. The van der Waals surface area contributed by atoms with Crippen molar-refractivity contribution in [3.8, 4) is 0 Å². The highest BCUT2D eigenvalue weighted by Gasteiger charge is 2.16. The average Bonchev–Trinajstić information content (AvgIpc) is 3.32. The molecule has 1 N–H and O–H groups in total. The summed E-state index contributed by atoms with van der Waals surface area (Å²) < 4.78 is 3.18. The van der Waals surface area contributed by atoms with Gasteiger partial charge in [-0.2, -0.15) is 10.2 Å². The summed E-state index contributed by atoms with van der Waals surface area (Å²) in [6.07, 6.45) is 3.29. The van der Waals surface area contributed by atoms with E-state index in [4.69, 9.17) is 0 Å². The van der Waals surface area contributed by atoms with Crippen LogP contribution in [0.5, 0.6) is 0 Å². The maximum absolute atomic E-state index is 12.2. The highest BCUT2D eigenvalue weighted by atomic mass is 16.6. The van der Waals surface area contributed by atoms with Crippen LogP contribution in [0.1, 0.15) is 17.7 Å². The number of aryl methyl sites for hydroxylation is 2. The Morgan fingerprint density at radius 2 is 1.90 bits per heavy atom. The van der Waals surface area contributed by atoms with Crippen molar-refractivity contribution in [3.05, 3.63) is 82.3 Å². The Morgan fingerprint density at radius 1 is 1.10 bits per heavy atom. The van der Waals surface area contributed by atoms with Gasteiger partial charge in [-0.3, -0.25) is 24.3 Å². The second kappa shape index (κ2) is 8.16. The highest BCUT2D eigenvalue weighted by Crippen LogP contribution is 2.20. The van der Waals surface area contributed by atoms with E-state index in [1.807, 2.05) is 24.4 Å². The summed E-state index contributed by atoms with van der Waals surface area (Å²) in [7, 11) is 0. The molecule has 2 aromatic heterocycles. The summed E-state index contributed by atoms with van der Waals surface area (Å²) in [5, 5.41) is 24.5. The van der Waals surface area contributed by atoms with Gasteiger partial charge in [0, 0.05) is 25.2 Å². The number of nitrogens with one attached hydrogen (secondary N) is 1. The van der Waals surface area contributed by atoms with Crippen molar-refractivity contribution in [2.75, 3.05) is 5.32 Å². The van der Waals surface area contributed by atoms with Gasteiger partial charge in [0.05, 0.1) is 11.5 Å². The molecule has 0 spiro atoms. The molecule has 9 nitrogen and oxygen atoms in total. The monoisotopic (exact) mass is 404 g/mol. The van der Waals surface area contributed by atoms with Crippen LogP contribution in [0, 0.1) is 17.0 Å². The van der Waals surface area contributed by atoms with Crippen molar-refractivity contribution in [3.63, 3.8) is 0 Å². The molecule has 0 unspecified atom stereocenters. The van der Waals surface area contributed by atoms with Crippen LogP contribution in [0.4, 0.5) is 11.5 Å². The lowest BCUT2D eigenvalue weighted by Crippen LogP contribution is -2.15. The summed E-state index contributed by atoms with van der Waals surface area (Å²) in [6.45, 7) is 2.40. The molecule has 0 aliphatic heterocycles. The number of carbonyl (C=O) groups excluding carboxylic acids is 1. The van der Waals surface area contributed by atoms with Gasteiger partial charge in [-0.05, 0) is 23.3 Å². The fourth-order valence-electron chi connectivity index (χ4n) is 3.34. The van der Waals surface area contributed by atoms with Crippen LogP contribution in [-0.2, 0) is 17.9 Å². The van der Waals surface area contributed by atoms with E-state index >= 15 is 0 Å². The van der Waals surface area contributed by atoms with E-state index in [0.29, 0.717) is 18.1 Å². The van der Waals surface area contributed by atoms with Crippen molar-refractivity contribution in [1.82, 2.24) is 19.6 Å². The molecule has 152 valence electrons. The Hall–Kier alpha value is -4.01. The first kappa shape index (κ1) is 19.3. The van der Waals surface area contributed by atoms with Gasteiger partial charge in [-0.1, -0.05) is 42.5 Å². The molecule has 4 rings (SSSR count). The van der Waals surface area contributed by atoms with Crippen molar-refractivity contribution in [2.24, 2.45) is 0 Å². The molecule has 9 heteroatoms. The summed E-state index contributed by atoms with van der Waals surface area (Å²) in [5.41, 5.74) is 1.42. The summed E-state index contributed by atoms with van der Waals surface area (Å²) in [6, 6.07) is 16.1. The van der Waals surface area contributed by atoms with Crippen molar-refractivity contribution in [2.45, 2.75) is 26.4 Å². The number of nitrogens with zero attached hydrogens (tertiary/aromatic N) is 5. The average molecular weight is 404 g/mol. The minimum absolute atomic E-state index is 0.0532. The third kappa shape index (κ3) is 4.19. The van der Waals surface area contributed by atoms with Crippen molar-refractivity contribution >= 4 is 28.2 Å². The number of hydrogen-bond donors (Lipinski definition) is 1. The Morgan fingerprint density at radius 3 is 2.70 bits per heavy atom.